The van der Waals surface area contributed by atoms with Gasteiger partial charge in [-0.15, -0.1) is 10.2 Å². The molecule has 1 heterocycles. The van der Waals surface area contributed by atoms with Crippen molar-refractivity contribution in [3.63, 3.8) is 0 Å². The molecule has 1 amide bonds. The topological polar surface area (TPSA) is 101 Å². The quantitative estimate of drug-likeness (QED) is 0.676. The molecule has 26 heavy (non-hydrogen) atoms. The normalized spacial score (nSPS) is 11.3. The average Bonchev–Trinajstić information content (AvgIpc) is 3.02. The number of carbonyl (C=O) groups is 1. The Kier molecular flexibility index (Phi) is 5.29. The zero-order valence-electron chi connectivity index (χ0n) is 13.8. The molecule has 3 aromatic rings. The summed E-state index contributed by atoms with van der Waals surface area (Å²) in [5, 5.41) is 10.6. The maximum atomic E-state index is 12.9. The average molecular weight is 388 g/mol. The molecule has 0 unspecified atom stereocenters. The Hall–Kier alpha value is -2.78. The maximum Gasteiger partial charge on any atom is 0.238 e. The van der Waals surface area contributed by atoms with Crippen LogP contribution in [0.25, 0.3) is 0 Å². The Bertz CT molecular complexity index is 950. The third kappa shape index (κ3) is 4.64. The van der Waals surface area contributed by atoms with E-state index in [1.165, 1.54) is 0 Å². The molecule has 0 atom stereocenters. The number of anilines is 2. The molecule has 9 heteroatoms. The van der Waals surface area contributed by atoms with E-state index in [1.807, 2.05) is 60.7 Å². The monoisotopic (exact) mass is 388 g/mol. The van der Waals surface area contributed by atoms with Crippen LogP contribution in [0.5, 0.6) is 0 Å². The maximum absolute atomic E-state index is 12.9. The first-order valence-corrected chi connectivity index (χ1v) is 10.4. The summed E-state index contributed by atoms with van der Waals surface area (Å²) < 4.78 is 24.7. The minimum absolute atomic E-state index is 0.0961. The van der Waals surface area contributed by atoms with Gasteiger partial charge in [-0.25, -0.2) is 8.42 Å². The highest BCUT2D eigenvalue weighted by atomic mass is 32.2. The van der Waals surface area contributed by atoms with Gasteiger partial charge in [0.15, 0.2) is 0 Å². The van der Waals surface area contributed by atoms with E-state index in [1.54, 1.807) is 0 Å². The summed E-state index contributed by atoms with van der Waals surface area (Å²) in [6, 6.07) is 18.8. The van der Waals surface area contributed by atoms with Crippen molar-refractivity contribution in [2.24, 2.45) is 0 Å². The molecule has 3 rings (SSSR count). The number of hydrogen-bond acceptors (Lipinski definition) is 6. The lowest BCUT2D eigenvalue weighted by Gasteiger charge is -2.16. The highest BCUT2D eigenvalue weighted by molar-refractivity contribution is 7.92. The van der Waals surface area contributed by atoms with Gasteiger partial charge in [-0.2, -0.15) is 0 Å². The van der Waals surface area contributed by atoms with Crippen LogP contribution >= 0.6 is 11.3 Å². The van der Waals surface area contributed by atoms with Crippen molar-refractivity contribution in [2.45, 2.75) is 5.92 Å². The van der Waals surface area contributed by atoms with E-state index in [0.717, 1.165) is 28.7 Å². The molecule has 0 spiro atoms. The number of amides is 1. The molecule has 0 aliphatic carbocycles. The zero-order valence-corrected chi connectivity index (χ0v) is 15.4. The summed E-state index contributed by atoms with van der Waals surface area (Å²) in [6.07, 6.45) is 1.02. The lowest BCUT2D eigenvalue weighted by molar-refractivity contribution is -0.116. The van der Waals surface area contributed by atoms with Gasteiger partial charge in [-0.1, -0.05) is 72.0 Å². The molecular formula is C17H16N4O3S2. The number of aromatic nitrogens is 2. The first-order valence-electron chi connectivity index (χ1n) is 7.64. The molecule has 7 nitrogen and oxygen atoms in total. The Morgan fingerprint density at radius 1 is 0.923 bits per heavy atom. The summed E-state index contributed by atoms with van der Waals surface area (Å²) >= 11 is 0.951. The van der Waals surface area contributed by atoms with Crippen molar-refractivity contribution in [3.8, 4) is 0 Å². The van der Waals surface area contributed by atoms with Gasteiger partial charge in [0.05, 0.1) is 12.2 Å². The van der Waals surface area contributed by atoms with Crippen molar-refractivity contribution in [1.29, 1.82) is 0 Å². The molecule has 0 bridgehead atoms. The van der Waals surface area contributed by atoms with E-state index in [0.29, 0.717) is 0 Å². The lowest BCUT2D eigenvalue weighted by atomic mass is 9.90. The van der Waals surface area contributed by atoms with Crippen molar-refractivity contribution >= 4 is 37.5 Å². The summed E-state index contributed by atoms with van der Waals surface area (Å²) in [6.45, 7) is 0. The van der Waals surface area contributed by atoms with Crippen LogP contribution in [0.15, 0.2) is 60.7 Å². The summed E-state index contributed by atoms with van der Waals surface area (Å²) in [7, 11) is -3.45. The van der Waals surface area contributed by atoms with Gasteiger partial charge in [0.2, 0.25) is 26.2 Å². The number of rotatable bonds is 6. The fourth-order valence-corrected chi connectivity index (χ4v) is 3.91. The lowest BCUT2D eigenvalue weighted by Crippen LogP contribution is -2.22. The Balaban J connectivity index is 1.85. The predicted molar refractivity (Wildman–Crippen MR) is 102 cm³/mol. The van der Waals surface area contributed by atoms with E-state index in [4.69, 9.17) is 0 Å². The number of nitrogens with zero attached hydrogens (tertiary/aromatic N) is 2. The summed E-state index contributed by atoms with van der Waals surface area (Å²) in [5.74, 6) is -0.794. The van der Waals surface area contributed by atoms with E-state index in [2.05, 4.69) is 20.2 Å². The van der Waals surface area contributed by atoms with E-state index < -0.39 is 15.9 Å². The molecule has 2 N–H and O–H groups in total. The summed E-state index contributed by atoms with van der Waals surface area (Å²) in [4.78, 5) is 12.9. The molecule has 1 aromatic heterocycles. The molecule has 0 saturated carbocycles. The summed E-state index contributed by atoms with van der Waals surface area (Å²) in [5.41, 5.74) is 1.69. The van der Waals surface area contributed by atoms with Crippen LogP contribution in [0, 0.1) is 0 Å². The third-order valence-corrected chi connectivity index (χ3v) is 4.90. The minimum Gasteiger partial charge on any atom is -0.300 e. The van der Waals surface area contributed by atoms with Crippen molar-refractivity contribution < 1.29 is 13.2 Å². The molecule has 134 valence electrons. The first kappa shape index (κ1) is 18.0. The van der Waals surface area contributed by atoms with E-state index in [-0.39, 0.29) is 16.2 Å². The van der Waals surface area contributed by atoms with Gasteiger partial charge in [0.25, 0.3) is 0 Å². The Morgan fingerprint density at radius 3 is 1.92 bits per heavy atom. The Morgan fingerprint density at radius 2 is 1.42 bits per heavy atom. The molecule has 0 fully saturated rings. The van der Waals surface area contributed by atoms with Crippen molar-refractivity contribution in [3.05, 3.63) is 71.8 Å². The predicted octanol–water partition coefficient (Wildman–Crippen LogP) is 2.68. The number of sulfonamides is 1. The van der Waals surface area contributed by atoms with Gasteiger partial charge >= 0.3 is 0 Å². The molecule has 0 aliphatic rings. The number of hydrogen-bond donors (Lipinski definition) is 2. The largest absolute Gasteiger partial charge is 0.300 e. The van der Waals surface area contributed by atoms with Crippen LogP contribution in [0.2, 0.25) is 0 Å². The minimum atomic E-state index is -3.45. The van der Waals surface area contributed by atoms with Crippen LogP contribution in [0.1, 0.15) is 17.0 Å². The highest BCUT2D eigenvalue weighted by Gasteiger charge is 2.23. The fraction of sp³-hybridized carbons (Fsp3) is 0.118. The fourth-order valence-electron chi connectivity index (χ4n) is 2.44. The van der Waals surface area contributed by atoms with Gasteiger partial charge in [0.1, 0.15) is 0 Å². The van der Waals surface area contributed by atoms with Crippen LogP contribution in [-0.2, 0) is 14.8 Å². The second kappa shape index (κ2) is 7.63. The Labute approximate surface area is 155 Å². The number of nitrogens with one attached hydrogen (secondary N) is 2. The van der Waals surface area contributed by atoms with Crippen LogP contribution < -0.4 is 10.0 Å². The van der Waals surface area contributed by atoms with Gasteiger partial charge in [-0.3, -0.25) is 14.8 Å². The SMILES string of the molecule is CS(=O)(=O)Nc1nnc(NC(=O)C(c2ccccc2)c2ccccc2)s1. The zero-order chi connectivity index (χ0) is 18.6. The molecule has 0 saturated heterocycles. The number of benzene rings is 2. The van der Waals surface area contributed by atoms with Crippen LogP contribution in [-0.4, -0.2) is 30.8 Å². The standard InChI is InChI=1S/C17H16N4O3S2/c1-26(23,24)21-17-20-19-16(25-17)18-15(22)14(12-8-4-2-5-9-12)13-10-6-3-7-11-13/h2-11,14H,1H3,(H,20,21)(H,18,19,22). The van der Waals surface area contributed by atoms with Gasteiger partial charge in [-0.05, 0) is 11.1 Å². The smallest absolute Gasteiger partial charge is 0.238 e. The van der Waals surface area contributed by atoms with Crippen LogP contribution in [0.4, 0.5) is 10.3 Å². The van der Waals surface area contributed by atoms with Crippen molar-refractivity contribution in [1.82, 2.24) is 10.2 Å². The second-order valence-corrected chi connectivity index (χ2v) is 8.26. The van der Waals surface area contributed by atoms with Gasteiger partial charge < -0.3 is 0 Å². The van der Waals surface area contributed by atoms with E-state index in [9.17, 15) is 13.2 Å². The molecule has 0 radical (unpaired) electrons. The third-order valence-electron chi connectivity index (χ3n) is 3.46. The van der Waals surface area contributed by atoms with Gasteiger partial charge in [0, 0.05) is 0 Å². The van der Waals surface area contributed by atoms with E-state index >= 15 is 0 Å². The highest BCUT2D eigenvalue weighted by Crippen LogP contribution is 2.28. The number of carbonyl (C=O) groups excluding carboxylic acids is 1. The molecular weight excluding hydrogens is 372 g/mol. The molecule has 0 aliphatic heterocycles. The van der Waals surface area contributed by atoms with Crippen LogP contribution in [0.3, 0.4) is 0 Å². The second-order valence-electron chi connectivity index (χ2n) is 5.53. The first-order chi connectivity index (χ1) is 12.4. The van der Waals surface area contributed by atoms with Crippen molar-refractivity contribution in [2.75, 3.05) is 16.3 Å². The molecule has 2 aromatic carbocycles.